The normalized spacial score (nSPS) is 10.1. The van der Waals surface area contributed by atoms with Crippen molar-refractivity contribution in [3.8, 4) is 0 Å². The Bertz CT molecular complexity index is 686. The monoisotopic (exact) mass is 397 g/mol. The second-order valence-corrected chi connectivity index (χ2v) is 5.64. The molecule has 0 saturated heterocycles. The van der Waals surface area contributed by atoms with Crippen molar-refractivity contribution in [2.75, 3.05) is 5.32 Å². The minimum atomic E-state index is -1.06. The molecule has 1 amide bonds. The Morgan fingerprint density at radius 3 is 2.25 bits per heavy atom. The van der Waals surface area contributed by atoms with Gasteiger partial charge in [-0.15, -0.1) is 0 Å². The van der Waals surface area contributed by atoms with Crippen LogP contribution in [0.15, 0.2) is 51.4 Å². The van der Waals surface area contributed by atoms with E-state index in [0.29, 0.717) is 20.2 Å². The lowest BCUT2D eigenvalue weighted by Gasteiger charge is -2.08. The van der Waals surface area contributed by atoms with Gasteiger partial charge in [-0.3, -0.25) is 4.79 Å². The molecule has 0 aliphatic rings. The van der Waals surface area contributed by atoms with Gasteiger partial charge in [-0.2, -0.15) is 0 Å². The lowest BCUT2D eigenvalue weighted by molar-refractivity contribution is 0.0695. The van der Waals surface area contributed by atoms with Crippen LogP contribution in [0.3, 0.4) is 0 Å². The number of aromatic carboxylic acids is 1. The number of nitrogens with one attached hydrogen (secondary N) is 1. The summed E-state index contributed by atoms with van der Waals surface area (Å²) >= 11 is 6.45. The molecule has 102 valence electrons. The highest BCUT2D eigenvalue weighted by Gasteiger charge is 2.12. The van der Waals surface area contributed by atoms with E-state index in [-0.39, 0.29) is 11.5 Å². The van der Waals surface area contributed by atoms with Crippen LogP contribution in [0.4, 0.5) is 5.69 Å². The molecule has 0 unspecified atom stereocenters. The van der Waals surface area contributed by atoms with Crippen molar-refractivity contribution in [1.29, 1.82) is 0 Å². The minimum Gasteiger partial charge on any atom is -0.478 e. The summed E-state index contributed by atoms with van der Waals surface area (Å²) in [7, 11) is 0. The molecule has 0 aliphatic carbocycles. The lowest BCUT2D eigenvalue weighted by atomic mass is 10.1. The number of carboxylic acid groups (broad SMARTS) is 1. The van der Waals surface area contributed by atoms with Crippen molar-refractivity contribution in [3.63, 3.8) is 0 Å². The van der Waals surface area contributed by atoms with Gasteiger partial charge in [0.25, 0.3) is 5.91 Å². The molecule has 0 radical (unpaired) electrons. The van der Waals surface area contributed by atoms with Crippen LogP contribution in [0.1, 0.15) is 20.7 Å². The van der Waals surface area contributed by atoms with Crippen molar-refractivity contribution in [2.45, 2.75) is 0 Å². The summed E-state index contributed by atoms with van der Waals surface area (Å²) in [5, 5.41) is 11.7. The molecule has 2 N–H and O–H groups in total. The molecule has 20 heavy (non-hydrogen) atoms. The van der Waals surface area contributed by atoms with E-state index in [1.165, 1.54) is 6.07 Å². The average molecular weight is 399 g/mol. The molecular weight excluding hydrogens is 390 g/mol. The zero-order valence-electron chi connectivity index (χ0n) is 10.1. The standard InChI is InChI=1S/C14H9Br2NO3/c15-11-4-2-1-3-9(11)13(18)17-8-5-6-12(16)10(7-8)14(19)20/h1-7H,(H,17,18)(H,19,20). The third kappa shape index (κ3) is 3.26. The number of amides is 1. The Kier molecular flexibility index (Phi) is 4.57. The fraction of sp³-hybridized carbons (Fsp3) is 0. The van der Waals surface area contributed by atoms with Crippen LogP contribution < -0.4 is 5.32 Å². The summed E-state index contributed by atoms with van der Waals surface area (Å²) in [5.74, 6) is -1.37. The van der Waals surface area contributed by atoms with Crippen molar-refractivity contribution in [2.24, 2.45) is 0 Å². The Labute approximate surface area is 132 Å². The first-order valence-corrected chi connectivity index (χ1v) is 7.16. The maximum Gasteiger partial charge on any atom is 0.336 e. The molecule has 4 nitrogen and oxygen atoms in total. The third-order valence-electron chi connectivity index (χ3n) is 2.57. The first-order valence-electron chi connectivity index (χ1n) is 5.58. The molecule has 0 fully saturated rings. The van der Waals surface area contributed by atoms with Crippen LogP contribution in [0.2, 0.25) is 0 Å². The smallest absolute Gasteiger partial charge is 0.336 e. The molecule has 0 bridgehead atoms. The van der Waals surface area contributed by atoms with Gasteiger partial charge in [-0.1, -0.05) is 12.1 Å². The molecule has 2 rings (SSSR count). The summed E-state index contributed by atoms with van der Waals surface area (Å²) in [4.78, 5) is 23.1. The molecule has 0 spiro atoms. The largest absolute Gasteiger partial charge is 0.478 e. The van der Waals surface area contributed by atoms with Gasteiger partial charge < -0.3 is 10.4 Å². The number of carbonyl (C=O) groups is 2. The Morgan fingerprint density at radius 2 is 1.60 bits per heavy atom. The third-order valence-corrected chi connectivity index (χ3v) is 3.96. The van der Waals surface area contributed by atoms with Gasteiger partial charge in [-0.05, 0) is 62.2 Å². The summed E-state index contributed by atoms with van der Waals surface area (Å²) in [6.45, 7) is 0. The average Bonchev–Trinajstić information content (AvgIpc) is 2.41. The number of hydrogen-bond acceptors (Lipinski definition) is 2. The van der Waals surface area contributed by atoms with Crippen molar-refractivity contribution < 1.29 is 14.7 Å². The first-order chi connectivity index (χ1) is 9.49. The van der Waals surface area contributed by atoms with E-state index in [1.54, 1.807) is 30.3 Å². The molecule has 6 heteroatoms. The Morgan fingerprint density at radius 1 is 0.950 bits per heavy atom. The number of carbonyl (C=O) groups excluding carboxylic acids is 1. The van der Waals surface area contributed by atoms with Gasteiger partial charge in [0.2, 0.25) is 0 Å². The van der Waals surface area contributed by atoms with E-state index < -0.39 is 5.97 Å². The molecule has 0 saturated carbocycles. The summed E-state index contributed by atoms with van der Waals surface area (Å²) < 4.78 is 1.14. The number of hydrogen-bond donors (Lipinski definition) is 2. The van der Waals surface area contributed by atoms with E-state index in [1.807, 2.05) is 6.07 Å². The molecule has 2 aromatic carbocycles. The van der Waals surface area contributed by atoms with Crippen LogP contribution in [0, 0.1) is 0 Å². The van der Waals surface area contributed by atoms with Crippen molar-refractivity contribution in [1.82, 2.24) is 0 Å². The zero-order chi connectivity index (χ0) is 14.7. The van der Waals surface area contributed by atoms with Crippen LogP contribution in [-0.4, -0.2) is 17.0 Å². The molecule has 0 atom stereocenters. The Hall–Kier alpha value is -1.66. The second-order valence-electron chi connectivity index (χ2n) is 3.93. The summed E-state index contributed by atoms with van der Waals surface area (Å²) in [6.07, 6.45) is 0. The molecule has 0 aliphatic heterocycles. The lowest BCUT2D eigenvalue weighted by Crippen LogP contribution is -2.13. The fourth-order valence-electron chi connectivity index (χ4n) is 1.61. The van der Waals surface area contributed by atoms with Crippen LogP contribution in [0.5, 0.6) is 0 Å². The van der Waals surface area contributed by atoms with Gasteiger partial charge in [0, 0.05) is 14.6 Å². The number of carboxylic acids is 1. The van der Waals surface area contributed by atoms with Gasteiger partial charge in [-0.25, -0.2) is 4.79 Å². The van der Waals surface area contributed by atoms with Crippen LogP contribution >= 0.6 is 31.9 Å². The molecule has 2 aromatic rings. The highest BCUT2D eigenvalue weighted by Crippen LogP contribution is 2.23. The zero-order valence-corrected chi connectivity index (χ0v) is 13.2. The second kappa shape index (κ2) is 6.19. The van der Waals surface area contributed by atoms with E-state index in [0.717, 1.165) is 0 Å². The number of rotatable bonds is 3. The van der Waals surface area contributed by atoms with Crippen LogP contribution in [0.25, 0.3) is 0 Å². The molecule has 0 heterocycles. The van der Waals surface area contributed by atoms with Gasteiger partial charge in [0.15, 0.2) is 0 Å². The maximum atomic E-state index is 12.1. The molecule has 0 aromatic heterocycles. The number of benzene rings is 2. The number of halogens is 2. The predicted octanol–water partition coefficient (Wildman–Crippen LogP) is 4.16. The fourth-order valence-corrected chi connectivity index (χ4v) is 2.49. The quantitative estimate of drug-likeness (QED) is 0.815. The van der Waals surface area contributed by atoms with Crippen molar-refractivity contribution >= 4 is 49.4 Å². The topological polar surface area (TPSA) is 66.4 Å². The maximum absolute atomic E-state index is 12.1. The van der Waals surface area contributed by atoms with E-state index in [2.05, 4.69) is 37.2 Å². The minimum absolute atomic E-state index is 0.0925. The van der Waals surface area contributed by atoms with E-state index in [9.17, 15) is 9.59 Å². The van der Waals surface area contributed by atoms with Gasteiger partial charge in [0.1, 0.15) is 0 Å². The summed E-state index contributed by atoms with van der Waals surface area (Å²) in [6, 6.07) is 11.6. The van der Waals surface area contributed by atoms with Gasteiger partial charge in [0.05, 0.1) is 11.1 Å². The van der Waals surface area contributed by atoms with E-state index >= 15 is 0 Å². The van der Waals surface area contributed by atoms with Gasteiger partial charge >= 0.3 is 5.97 Å². The predicted molar refractivity (Wildman–Crippen MR) is 83.2 cm³/mol. The SMILES string of the molecule is O=C(O)c1cc(NC(=O)c2ccccc2Br)ccc1Br. The van der Waals surface area contributed by atoms with Crippen LogP contribution in [-0.2, 0) is 0 Å². The Balaban J connectivity index is 2.27. The number of anilines is 1. The highest BCUT2D eigenvalue weighted by molar-refractivity contribution is 9.10. The summed E-state index contributed by atoms with van der Waals surface area (Å²) in [5.41, 5.74) is 0.994. The highest BCUT2D eigenvalue weighted by atomic mass is 79.9. The van der Waals surface area contributed by atoms with Crippen molar-refractivity contribution in [3.05, 3.63) is 62.5 Å². The first kappa shape index (κ1) is 14.7. The molecular formula is C14H9Br2NO3. The van der Waals surface area contributed by atoms with E-state index in [4.69, 9.17) is 5.11 Å².